The molecule has 3 aliphatic rings. The standard InChI is InChI=1S/C27H37N7O3/c1-19(2)34(29)31-25(28)32-11-9-27(10-12-32)18-22-17-21(5-8-24(22)37-27)20-3-6-23(7-4-20)30-26(35)33-13-15-36-16-14-33/h3-8,17,19H,9-16,18,29H2,1-2H3,(H2,28,31)(H,30,35). The fourth-order valence-electron chi connectivity index (χ4n) is 5.05. The second-order valence-corrected chi connectivity index (χ2v) is 10.3. The molecule has 0 aliphatic carbocycles. The van der Waals surface area contributed by atoms with E-state index < -0.39 is 0 Å². The van der Waals surface area contributed by atoms with Gasteiger partial charge in [0.2, 0.25) is 5.96 Å². The predicted octanol–water partition coefficient (Wildman–Crippen LogP) is 2.80. The van der Waals surface area contributed by atoms with Crippen molar-refractivity contribution in [1.29, 1.82) is 0 Å². The molecule has 1 spiro atoms. The first-order valence-electron chi connectivity index (χ1n) is 13.0. The number of hydrogen-bond acceptors (Lipinski definition) is 6. The predicted molar refractivity (Wildman–Crippen MR) is 144 cm³/mol. The molecule has 37 heavy (non-hydrogen) atoms. The summed E-state index contributed by atoms with van der Waals surface area (Å²) in [4.78, 5) is 16.3. The molecule has 0 atom stereocenters. The maximum absolute atomic E-state index is 12.5. The summed E-state index contributed by atoms with van der Waals surface area (Å²) in [6.45, 7) is 7.90. The van der Waals surface area contributed by atoms with Crippen molar-refractivity contribution < 1.29 is 14.3 Å². The molecule has 10 heteroatoms. The smallest absolute Gasteiger partial charge is 0.321 e. The molecule has 0 saturated carbocycles. The Morgan fingerprint density at radius 3 is 2.38 bits per heavy atom. The molecule has 0 radical (unpaired) electrons. The number of anilines is 1. The van der Waals surface area contributed by atoms with Gasteiger partial charge in [-0.3, -0.25) is 0 Å². The SMILES string of the molecule is CC(C)N(N)/N=C(\N)N1CCC2(CC1)Cc1cc(-c3ccc(NC(=O)N4CCOCC4)cc3)ccc1O2. The number of likely N-dealkylation sites (tertiary alicyclic amines) is 1. The van der Waals surface area contributed by atoms with Gasteiger partial charge in [-0.1, -0.05) is 18.2 Å². The number of hydrazone groups is 1. The highest BCUT2D eigenvalue weighted by Gasteiger charge is 2.42. The number of carbonyl (C=O) groups excluding carboxylic acids is 1. The maximum atomic E-state index is 12.5. The van der Waals surface area contributed by atoms with Crippen molar-refractivity contribution in [2.45, 2.75) is 44.8 Å². The van der Waals surface area contributed by atoms with Gasteiger partial charge in [0.15, 0.2) is 0 Å². The molecule has 0 unspecified atom stereocenters. The van der Waals surface area contributed by atoms with Gasteiger partial charge in [-0.05, 0) is 54.8 Å². The van der Waals surface area contributed by atoms with E-state index in [1.165, 1.54) is 10.7 Å². The molecule has 198 valence electrons. The number of benzene rings is 2. The lowest BCUT2D eigenvalue weighted by Gasteiger charge is -2.39. The van der Waals surface area contributed by atoms with Crippen LogP contribution in [0.15, 0.2) is 47.6 Å². The van der Waals surface area contributed by atoms with E-state index in [4.69, 9.17) is 21.1 Å². The molecule has 3 heterocycles. The summed E-state index contributed by atoms with van der Waals surface area (Å²) in [6.07, 6.45) is 2.62. The fraction of sp³-hybridized carbons (Fsp3) is 0.481. The van der Waals surface area contributed by atoms with E-state index in [1.807, 2.05) is 38.1 Å². The normalized spacial score (nSPS) is 19.1. The molecule has 0 bridgehead atoms. The lowest BCUT2D eigenvalue weighted by atomic mass is 9.86. The largest absolute Gasteiger partial charge is 0.487 e. The lowest BCUT2D eigenvalue weighted by Crippen LogP contribution is -2.52. The monoisotopic (exact) mass is 507 g/mol. The number of nitrogens with two attached hydrogens (primary N) is 2. The van der Waals surface area contributed by atoms with Crippen LogP contribution in [-0.2, 0) is 11.2 Å². The van der Waals surface area contributed by atoms with Crippen LogP contribution in [0.1, 0.15) is 32.3 Å². The average molecular weight is 508 g/mol. The number of guanidine groups is 1. The van der Waals surface area contributed by atoms with Crippen molar-refractivity contribution >= 4 is 17.7 Å². The topological polar surface area (TPSA) is 122 Å². The number of morpholine rings is 1. The summed E-state index contributed by atoms with van der Waals surface area (Å²) < 4.78 is 11.8. The van der Waals surface area contributed by atoms with E-state index in [0.717, 1.165) is 54.9 Å². The van der Waals surface area contributed by atoms with Crippen LogP contribution >= 0.6 is 0 Å². The summed E-state index contributed by atoms with van der Waals surface area (Å²) in [6, 6.07) is 14.4. The van der Waals surface area contributed by atoms with Crippen LogP contribution in [0, 0.1) is 0 Å². The molecule has 2 fully saturated rings. The van der Waals surface area contributed by atoms with Gasteiger partial charge >= 0.3 is 6.03 Å². The Bertz CT molecular complexity index is 1140. The third kappa shape index (κ3) is 5.60. The molecule has 10 nitrogen and oxygen atoms in total. The Labute approximate surface area is 218 Å². The Kier molecular flexibility index (Phi) is 7.12. The number of nitrogens with zero attached hydrogens (tertiary/aromatic N) is 4. The van der Waals surface area contributed by atoms with E-state index in [1.54, 1.807) is 4.90 Å². The minimum absolute atomic E-state index is 0.0848. The molecular formula is C27H37N7O3. The molecule has 2 saturated heterocycles. The van der Waals surface area contributed by atoms with Gasteiger partial charge in [0.1, 0.15) is 11.4 Å². The molecule has 0 aromatic heterocycles. The number of carbonyl (C=O) groups is 1. The maximum Gasteiger partial charge on any atom is 0.321 e. The first-order valence-corrected chi connectivity index (χ1v) is 13.0. The van der Waals surface area contributed by atoms with E-state index in [2.05, 4.69) is 33.5 Å². The number of fused-ring (bicyclic) bond motifs is 1. The van der Waals surface area contributed by atoms with Gasteiger partial charge in [-0.2, -0.15) is 0 Å². The fourth-order valence-corrected chi connectivity index (χ4v) is 5.05. The number of nitrogens with one attached hydrogen (secondary N) is 1. The van der Waals surface area contributed by atoms with Crippen LogP contribution in [0.25, 0.3) is 11.1 Å². The van der Waals surface area contributed by atoms with E-state index in [0.29, 0.717) is 32.3 Å². The van der Waals surface area contributed by atoms with Crippen LogP contribution in [0.5, 0.6) is 5.75 Å². The van der Waals surface area contributed by atoms with E-state index >= 15 is 0 Å². The summed E-state index contributed by atoms with van der Waals surface area (Å²) >= 11 is 0. The molecule has 2 aromatic rings. The summed E-state index contributed by atoms with van der Waals surface area (Å²) in [5, 5.41) is 8.68. The Morgan fingerprint density at radius 2 is 1.70 bits per heavy atom. The Balaban J connectivity index is 1.20. The van der Waals surface area contributed by atoms with Crippen molar-refractivity contribution in [3.8, 4) is 16.9 Å². The second-order valence-electron chi connectivity index (χ2n) is 10.3. The molecule has 5 N–H and O–H groups in total. The third-order valence-corrected chi connectivity index (χ3v) is 7.41. The molecule has 2 amide bonds. The van der Waals surface area contributed by atoms with Crippen molar-refractivity contribution in [1.82, 2.24) is 14.9 Å². The quantitative estimate of drug-likeness (QED) is 0.252. The zero-order valence-electron chi connectivity index (χ0n) is 21.7. The summed E-state index contributed by atoms with van der Waals surface area (Å²) in [5.41, 5.74) is 10.2. The third-order valence-electron chi connectivity index (χ3n) is 7.41. The molecule has 3 aliphatic heterocycles. The van der Waals surface area contributed by atoms with Crippen LogP contribution in [0.3, 0.4) is 0 Å². The highest BCUT2D eigenvalue weighted by Crippen LogP contribution is 2.42. The van der Waals surface area contributed by atoms with Crippen molar-refractivity contribution in [3.63, 3.8) is 0 Å². The van der Waals surface area contributed by atoms with Crippen LogP contribution < -0.4 is 21.6 Å². The zero-order chi connectivity index (χ0) is 26.0. The van der Waals surface area contributed by atoms with Gasteiger partial charge < -0.3 is 30.3 Å². The number of hydrazine groups is 1. The highest BCUT2D eigenvalue weighted by atomic mass is 16.5. The first-order chi connectivity index (χ1) is 17.8. The van der Waals surface area contributed by atoms with Gasteiger partial charge in [-0.15, -0.1) is 5.10 Å². The van der Waals surface area contributed by atoms with Gasteiger partial charge in [0.05, 0.1) is 19.3 Å². The van der Waals surface area contributed by atoms with Crippen LogP contribution in [0.4, 0.5) is 10.5 Å². The first kappa shape index (κ1) is 25.2. The second kappa shape index (κ2) is 10.5. The molecule has 5 rings (SSSR count). The van der Waals surface area contributed by atoms with Crippen LogP contribution in [-0.4, -0.2) is 77.9 Å². The number of ether oxygens (including phenoxy) is 2. The number of rotatable bonds is 4. The highest BCUT2D eigenvalue weighted by molar-refractivity contribution is 5.89. The zero-order valence-corrected chi connectivity index (χ0v) is 21.7. The van der Waals surface area contributed by atoms with Crippen molar-refractivity contribution in [2.75, 3.05) is 44.7 Å². The number of hydrogen-bond donors (Lipinski definition) is 3. The van der Waals surface area contributed by atoms with Gasteiger partial charge in [0.25, 0.3) is 0 Å². The average Bonchev–Trinajstić information content (AvgIpc) is 3.26. The molecule has 2 aromatic carbocycles. The number of urea groups is 1. The molecular weight excluding hydrogens is 470 g/mol. The number of piperidine rings is 1. The number of amides is 2. The Hall–Kier alpha value is -3.50. The van der Waals surface area contributed by atoms with Crippen molar-refractivity contribution in [3.05, 3.63) is 48.0 Å². The van der Waals surface area contributed by atoms with Gasteiger partial charge in [0, 0.05) is 51.1 Å². The Morgan fingerprint density at radius 1 is 1.03 bits per heavy atom. The van der Waals surface area contributed by atoms with Crippen molar-refractivity contribution in [2.24, 2.45) is 16.7 Å². The van der Waals surface area contributed by atoms with E-state index in [9.17, 15) is 4.79 Å². The summed E-state index contributed by atoms with van der Waals surface area (Å²) in [5.74, 6) is 7.32. The minimum Gasteiger partial charge on any atom is -0.487 e. The van der Waals surface area contributed by atoms with E-state index in [-0.39, 0.29) is 17.7 Å². The summed E-state index contributed by atoms with van der Waals surface area (Å²) in [7, 11) is 0. The minimum atomic E-state index is -0.203. The lowest BCUT2D eigenvalue weighted by molar-refractivity contribution is 0.0367. The van der Waals surface area contributed by atoms with Gasteiger partial charge in [-0.25, -0.2) is 15.8 Å². The van der Waals surface area contributed by atoms with Crippen LogP contribution in [0.2, 0.25) is 0 Å².